The molecule has 0 spiro atoms. The van der Waals surface area contributed by atoms with Crippen molar-refractivity contribution in [1.29, 1.82) is 0 Å². The van der Waals surface area contributed by atoms with E-state index in [-0.39, 0.29) is 0 Å². The van der Waals surface area contributed by atoms with Crippen molar-refractivity contribution in [3.63, 3.8) is 0 Å². The van der Waals surface area contributed by atoms with Gasteiger partial charge in [0.15, 0.2) is 0 Å². The van der Waals surface area contributed by atoms with E-state index in [9.17, 15) is 13.2 Å². The Morgan fingerprint density at radius 1 is 1.35 bits per heavy atom. The first-order valence-corrected chi connectivity index (χ1v) is 7.33. The molecule has 0 unspecified atom stereocenters. The van der Waals surface area contributed by atoms with E-state index in [0.29, 0.717) is 10.9 Å². The number of hydrogen-bond donors (Lipinski definition) is 1. The van der Waals surface area contributed by atoms with Gasteiger partial charge in [-0.2, -0.15) is 0 Å². The molecule has 0 aliphatic carbocycles. The van der Waals surface area contributed by atoms with E-state index in [1.807, 2.05) is 13.0 Å². The summed E-state index contributed by atoms with van der Waals surface area (Å²) in [5, 5.41) is 0.339. The third-order valence-corrected chi connectivity index (χ3v) is 3.91. The van der Waals surface area contributed by atoms with E-state index < -0.39 is 19.4 Å². The predicted molar refractivity (Wildman–Crippen MR) is 67.0 cm³/mol. The van der Waals surface area contributed by atoms with Gasteiger partial charge in [0.25, 0.3) is 9.05 Å². The molecule has 0 aliphatic rings. The van der Waals surface area contributed by atoms with Crippen molar-refractivity contribution in [2.45, 2.75) is 18.2 Å². The zero-order valence-corrected chi connectivity index (χ0v) is 10.6. The van der Waals surface area contributed by atoms with Gasteiger partial charge in [0.2, 0.25) is 5.43 Å². The minimum atomic E-state index is -4.02. The Labute approximate surface area is 103 Å². The highest BCUT2D eigenvalue weighted by Gasteiger charge is 2.16. The second kappa shape index (κ2) is 4.16. The Balaban J connectivity index is 2.87. The number of nitrogens with one attached hydrogen (secondary N) is 1. The molecule has 4 nitrogen and oxygen atoms in total. The topological polar surface area (TPSA) is 67.0 Å². The van der Waals surface area contributed by atoms with E-state index in [4.69, 9.17) is 10.7 Å². The molecule has 2 aromatic rings. The molecule has 0 aliphatic heterocycles. The molecule has 0 saturated heterocycles. The zero-order chi connectivity index (χ0) is 12.6. The molecule has 1 aromatic heterocycles. The summed E-state index contributed by atoms with van der Waals surface area (Å²) < 4.78 is 22.4. The molecule has 0 bridgehead atoms. The van der Waals surface area contributed by atoms with Crippen LogP contribution in [0.5, 0.6) is 0 Å². The fraction of sp³-hybridized carbons (Fsp3) is 0.182. The van der Waals surface area contributed by atoms with Crippen LogP contribution < -0.4 is 5.43 Å². The van der Waals surface area contributed by atoms with Crippen LogP contribution >= 0.6 is 10.7 Å². The molecule has 0 saturated carbocycles. The molecule has 1 aromatic carbocycles. The average molecular weight is 272 g/mol. The smallest absolute Gasteiger partial charge is 0.266 e. The molecule has 90 valence electrons. The summed E-state index contributed by atoms with van der Waals surface area (Å²) >= 11 is 0. The number of benzene rings is 1. The average Bonchev–Trinajstić information content (AvgIpc) is 2.27. The van der Waals surface area contributed by atoms with Crippen LogP contribution in [-0.2, 0) is 15.5 Å². The number of hydrogen-bond acceptors (Lipinski definition) is 3. The van der Waals surface area contributed by atoms with E-state index in [1.54, 1.807) is 12.1 Å². The van der Waals surface area contributed by atoms with E-state index in [2.05, 4.69) is 4.98 Å². The Morgan fingerprint density at radius 3 is 2.65 bits per heavy atom. The summed E-state index contributed by atoms with van der Waals surface area (Å²) in [7, 11) is 1.17. The van der Waals surface area contributed by atoms with Crippen LogP contribution in [0.15, 0.2) is 34.1 Å². The first kappa shape index (κ1) is 12.1. The largest absolute Gasteiger partial charge is 0.360 e. The highest BCUT2D eigenvalue weighted by Crippen LogP contribution is 2.15. The van der Waals surface area contributed by atoms with Crippen molar-refractivity contribution in [3.8, 4) is 0 Å². The maximum atomic E-state index is 12.0. The lowest BCUT2D eigenvalue weighted by molar-refractivity contribution is 0.609. The highest BCUT2D eigenvalue weighted by atomic mass is 35.7. The Bertz CT molecular complexity index is 734. The molecule has 6 heteroatoms. The van der Waals surface area contributed by atoms with Crippen LogP contribution in [0.4, 0.5) is 0 Å². The van der Waals surface area contributed by atoms with Crippen molar-refractivity contribution < 1.29 is 8.42 Å². The summed E-state index contributed by atoms with van der Waals surface area (Å²) in [6.07, 6.45) is 1.89. The van der Waals surface area contributed by atoms with E-state index in [0.717, 1.165) is 18.2 Å². The first-order valence-electron chi connectivity index (χ1n) is 5.02. The molecule has 17 heavy (non-hydrogen) atoms. The van der Waals surface area contributed by atoms with Crippen LogP contribution in [0.3, 0.4) is 0 Å². The maximum absolute atomic E-state index is 12.0. The monoisotopic (exact) mass is 271 g/mol. The van der Waals surface area contributed by atoms with Crippen LogP contribution in [0.25, 0.3) is 10.9 Å². The van der Waals surface area contributed by atoms with Crippen LogP contribution in [0.1, 0.15) is 12.5 Å². The lowest BCUT2D eigenvalue weighted by Gasteiger charge is -2.02. The molecule has 0 amide bonds. The Kier molecular flexibility index (Phi) is 2.97. The number of pyridine rings is 1. The number of halogens is 1. The summed E-state index contributed by atoms with van der Waals surface area (Å²) in [4.78, 5) is 14.3. The van der Waals surface area contributed by atoms with Gasteiger partial charge in [-0.05, 0) is 24.1 Å². The molecule has 0 radical (unpaired) electrons. The summed E-state index contributed by atoms with van der Waals surface area (Å²) in [6.45, 7) is 1.96. The van der Waals surface area contributed by atoms with Gasteiger partial charge in [-0.25, -0.2) is 8.42 Å². The van der Waals surface area contributed by atoms with Crippen LogP contribution in [0, 0.1) is 0 Å². The molecular formula is C11H10ClNO3S. The number of rotatable bonds is 2. The standard InChI is InChI=1S/C11H10ClNO3S/c1-2-7-3-4-9-8(5-7)11(14)10(6-13-9)17(12,15)16/h3-6H,2H2,1H3,(H,13,14). The second-order valence-electron chi connectivity index (χ2n) is 3.65. The number of aromatic nitrogens is 1. The molecule has 0 atom stereocenters. The van der Waals surface area contributed by atoms with Crippen molar-refractivity contribution in [1.82, 2.24) is 4.98 Å². The minimum Gasteiger partial charge on any atom is -0.360 e. The van der Waals surface area contributed by atoms with Gasteiger partial charge in [-0.15, -0.1) is 0 Å². The summed E-state index contributed by atoms with van der Waals surface area (Å²) in [5.41, 5.74) is 0.993. The van der Waals surface area contributed by atoms with Crippen molar-refractivity contribution >= 4 is 30.6 Å². The summed E-state index contributed by atoms with van der Waals surface area (Å²) in [6, 6.07) is 5.31. The third kappa shape index (κ3) is 2.21. The highest BCUT2D eigenvalue weighted by molar-refractivity contribution is 8.13. The molecule has 1 N–H and O–H groups in total. The van der Waals surface area contributed by atoms with Gasteiger partial charge >= 0.3 is 0 Å². The predicted octanol–water partition coefficient (Wildman–Crippen LogP) is 2.02. The maximum Gasteiger partial charge on any atom is 0.266 e. The fourth-order valence-electron chi connectivity index (χ4n) is 1.65. The normalized spacial score (nSPS) is 11.9. The van der Waals surface area contributed by atoms with E-state index >= 15 is 0 Å². The van der Waals surface area contributed by atoms with Crippen LogP contribution in [0.2, 0.25) is 0 Å². The van der Waals surface area contributed by atoms with Gasteiger partial charge in [-0.3, -0.25) is 4.79 Å². The number of aromatic amines is 1. The van der Waals surface area contributed by atoms with Crippen molar-refractivity contribution in [3.05, 3.63) is 40.2 Å². The van der Waals surface area contributed by atoms with Gasteiger partial charge in [0.1, 0.15) is 4.90 Å². The Hall–Kier alpha value is -1.33. The number of fused-ring (bicyclic) bond motifs is 1. The van der Waals surface area contributed by atoms with Crippen molar-refractivity contribution in [2.24, 2.45) is 0 Å². The first-order chi connectivity index (χ1) is 7.93. The summed E-state index contributed by atoms with van der Waals surface area (Å²) in [5.74, 6) is 0. The van der Waals surface area contributed by atoms with Crippen molar-refractivity contribution in [2.75, 3.05) is 0 Å². The number of H-pyrrole nitrogens is 1. The van der Waals surface area contributed by atoms with Crippen LogP contribution in [-0.4, -0.2) is 13.4 Å². The van der Waals surface area contributed by atoms with E-state index in [1.165, 1.54) is 0 Å². The Morgan fingerprint density at radius 2 is 2.06 bits per heavy atom. The lowest BCUT2D eigenvalue weighted by Crippen LogP contribution is -2.12. The lowest BCUT2D eigenvalue weighted by atomic mass is 10.1. The molecule has 1 heterocycles. The minimum absolute atomic E-state index is 0.339. The third-order valence-electron chi connectivity index (χ3n) is 2.58. The SMILES string of the molecule is CCc1ccc2[nH]cc(S(=O)(=O)Cl)c(=O)c2c1. The molecule has 2 rings (SSSR count). The molecular weight excluding hydrogens is 262 g/mol. The van der Waals surface area contributed by atoms with Gasteiger partial charge < -0.3 is 4.98 Å². The fourth-order valence-corrected chi connectivity index (χ4v) is 2.52. The number of aryl methyl sites for hydroxylation is 1. The zero-order valence-electron chi connectivity index (χ0n) is 9.03. The van der Waals surface area contributed by atoms with Gasteiger partial charge in [0.05, 0.1) is 0 Å². The molecule has 0 fully saturated rings. The quantitative estimate of drug-likeness (QED) is 0.850. The second-order valence-corrected chi connectivity index (χ2v) is 6.19. The van der Waals surface area contributed by atoms with Gasteiger partial charge in [-0.1, -0.05) is 13.0 Å². The van der Waals surface area contributed by atoms with Gasteiger partial charge in [0, 0.05) is 27.8 Å².